The van der Waals surface area contributed by atoms with Crippen molar-refractivity contribution in [2.24, 2.45) is 0 Å². The Balaban J connectivity index is 2.54. The molecule has 1 fully saturated rings. The zero-order chi connectivity index (χ0) is 13.8. The van der Waals surface area contributed by atoms with E-state index in [1.807, 2.05) is 0 Å². The molecule has 5 heteroatoms. The van der Waals surface area contributed by atoms with Gasteiger partial charge in [-0.1, -0.05) is 13.8 Å². The van der Waals surface area contributed by atoms with Crippen LogP contribution in [-0.2, 0) is 9.84 Å². The van der Waals surface area contributed by atoms with Crippen LogP contribution in [0.5, 0.6) is 0 Å². The van der Waals surface area contributed by atoms with E-state index in [1.54, 1.807) is 13.8 Å². The molecule has 0 bridgehead atoms. The van der Waals surface area contributed by atoms with E-state index in [9.17, 15) is 8.42 Å². The molecule has 0 aliphatic carbocycles. The summed E-state index contributed by atoms with van der Waals surface area (Å²) in [5.74, 6) is 0.286. The van der Waals surface area contributed by atoms with Crippen molar-refractivity contribution >= 4 is 9.84 Å². The van der Waals surface area contributed by atoms with Gasteiger partial charge in [0.1, 0.15) is 0 Å². The Bertz CT molecular complexity index is 348. The Morgan fingerprint density at radius 3 is 2.39 bits per heavy atom. The maximum atomic E-state index is 11.8. The first-order chi connectivity index (χ1) is 8.35. The second-order valence-electron chi connectivity index (χ2n) is 5.61. The predicted octanol–water partition coefficient (Wildman–Crippen LogP) is 1.27. The van der Waals surface area contributed by atoms with Gasteiger partial charge in [0.15, 0.2) is 9.84 Å². The molecule has 1 heterocycles. The monoisotopic (exact) mass is 276 g/mol. The summed E-state index contributed by atoms with van der Waals surface area (Å²) in [6.07, 6.45) is 2.19. The van der Waals surface area contributed by atoms with Crippen LogP contribution < -0.4 is 5.32 Å². The van der Waals surface area contributed by atoms with Crippen LogP contribution in [0.1, 0.15) is 40.5 Å². The van der Waals surface area contributed by atoms with Crippen molar-refractivity contribution in [2.45, 2.75) is 51.3 Å². The highest BCUT2D eigenvalue weighted by Crippen LogP contribution is 2.19. The minimum Gasteiger partial charge on any atom is -0.309 e. The van der Waals surface area contributed by atoms with Gasteiger partial charge in [0, 0.05) is 31.7 Å². The standard InChI is InChI=1S/C13H28N2O2S/c1-5-13(6-2)11-15(8-7-14-13)9-10-18(16,17)12(3)4/h12,14H,5-11H2,1-4H3. The van der Waals surface area contributed by atoms with Gasteiger partial charge in [0.25, 0.3) is 0 Å². The average Bonchev–Trinajstić information content (AvgIpc) is 2.36. The molecule has 0 unspecified atom stereocenters. The SMILES string of the molecule is CCC1(CC)CN(CCS(=O)(=O)C(C)C)CCN1. The third kappa shape index (κ3) is 3.93. The second kappa shape index (κ2) is 6.35. The summed E-state index contributed by atoms with van der Waals surface area (Å²) < 4.78 is 23.7. The largest absolute Gasteiger partial charge is 0.309 e. The lowest BCUT2D eigenvalue weighted by Crippen LogP contribution is -2.60. The molecular weight excluding hydrogens is 248 g/mol. The van der Waals surface area contributed by atoms with Crippen LogP contribution in [0.15, 0.2) is 0 Å². The number of piperazine rings is 1. The van der Waals surface area contributed by atoms with E-state index in [0.29, 0.717) is 6.54 Å². The van der Waals surface area contributed by atoms with Crippen molar-refractivity contribution in [3.05, 3.63) is 0 Å². The molecule has 0 aromatic rings. The van der Waals surface area contributed by atoms with Crippen LogP contribution in [0.3, 0.4) is 0 Å². The predicted molar refractivity (Wildman–Crippen MR) is 76.7 cm³/mol. The number of nitrogens with zero attached hydrogens (tertiary/aromatic N) is 1. The highest BCUT2D eigenvalue weighted by atomic mass is 32.2. The molecule has 4 nitrogen and oxygen atoms in total. The molecule has 1 aliphatic heterocycles. The Labute approximate surface area is 112 Å². The van der Waals surface area contributed by atoms with Crippen molar-refractivity contribution in [3.8, 4) is 0 Å². The summed E-state index contributed by atoms with van der Waals surface area (Å²) in [6.45, 7) is 11.5. The number of hydrogen-bond donors (Lipinski definition) is 1. The van der Waals surface area contributed by atoms with Gasteiger partial charge >= 0.3 is 0 Å². The van der Waals surface area contributed by atoms with Gasteiger partial charge in [-0.2, -0.15) is 0 Å². The highest BCUT2D eigenvalue weighted by molar-refractivity contribution is 7.92. The van der Waals surface area contributed by atoms with Gasteiger partial charge in [-0.15, -0.1) is 0 Å². The Morgan fingerprint density at radius 2 is 1.89 bits per heavy atom. The molecule has 1 saturated heterocycles. The van der Waals surface area contributed by atoms with Crippen LogP contribution in [-0.4, -0.2) is 56.0 Å². The zero-order valence-electron chi connectivity index (χ0n) is 12.2. The fraction of sp³-hybridized carbons (Fsp3) is 1.00. The van der Waals surface area contributed by atoms with Crippen molar-refractivity contribution in [3.63, 3.8) is 0 Å². The van der Waals surface area contributed by atoms with Crippen molar-refractivity contribution < 1.29 is 8.42 Å². The topological polar surface area (TPSA) is 49.4 Å². The number of rotatable bonds is 6. The van der Waals surface area contributed by atoms with E-state index >= 15 is 0 Å². The second-order valence-corrected chi connectivity index (χ2v) is 8.28. The first-order valence-corrected chi connectivity index (χ1v) is 8.75. The molecule has 0 radical (unpaired) electrons. The van der Waals surface area contributed by atoms with Crippen LogP contribution in [0.4, 0.5) is 0 Å². The third-order valence-corrected chi connectivity index (χ3v) is 6.41. The maximum Gasteiger partial charge on any atom is 0.153 e. The summed E-state index contributed by atoms with van der Waals surface area (Å²) in [7, 11) is -2.91. The molecule has 0 saturated carbocycles. The van der Waals surface area contributed by atoms with Gasteiger partial charge in [-0.05, 0) is 26.7 Å². The van der Waals surface area contributed by atoms with Crippen LogP contribution >= 0.6 is 0 Å². The van der Waals surface area contributed by atoms with Gasteiger partial charge in [0.05, 0.1) is 11.0 Å². The number of hydrogen-bond acceptors (Lipinski definition) is 4. The lowest BCUT2D eigenvalue weighted by atomic mass is 9.90. The molecule has 0 aromatic carbocycles. The first-order valence-electron chi connectivity index (χ1n) is 7.04. The van der Waals surface area contributed by atoms with E-state index in [2.05, 4.69) is 24.1 Å². The Hall–Kier alpha value is -0.130. The molecular formula is C13H28N2O2S. The fourth-order valence-electron chi connectivity index (χ4n) is 2.45. The van der Waals surface area contributed by atoms with Gasteiger partial charge in [-0.25, -0.2) is 8.42 Å². The molecule has 0 spiro atoms. The van der Waals surface area contributed by atoms with E-state index in [0.717, 1.165) is 32.5 Å². The minimum absolute atomic E-state index is 0.180. The van der Waals surface area contributed by atoms with Crippen molar-refractivity contribution in [1.29, 1.82) is 0 Å². The highest BCUT2D eigenvalue weighted by Gasteiger charge is 2.32. The summed E-state index contributed by atoms with van der Waals surface area (Å²) in [6, 6.07) is 0. The molecule has 0 atom stereocenters. The molecule has 1 N–H and O–H groups in total. The molecule has 0 amide bonds. The lowest BCUT2D eigenvalue weighted by Gasteiger charge is -2.43. The van der Waals surface area contributed by atoms with Crippen LogP contribution in [0.2, 0.25) is 0 Å². The fourth-order valence-corrected chi connectivity index (χ4v) is 3.43. The number of nitrogens with one attached hydrogen (secondary N) is 1. The van der Waals surface area contributed by atoms with E-state index < -0.39 is 9.84 Å². The van der Waals surface area contributed by atoms with Gasteiger partial charge < -0.3 is 5.32 Å². The molecule has 108 valence electrons. The molecule has 1 aliphatic rings. The summed E-state index contributed by atoms with van der Waals surface area (Å²) >= 11 is 0. The quantitative estimate of drug-likeness (QED) is 0.794. The zero-order valence-corrected chi connectivity index (χ0v) is 13.0. The first kappa shape index (κ1) is 15.9. The Morgan fingerprint density at radius 1 is 1.28 bits per heavy atom. The third-order valence-electron chi connectivity index (χ3n) is 4.22. The lowest BCUT2D eigenvalue weighted by molar-refractivity contribution is 0.130. The maximum absolute atomic E-state index is 11.8. The van der Waals surface area contributed by atoms with Gasteiger partial charge in [-0.3, -0.25) is 4.90 Å². The van der Waals surface area contributed by atoms with E-state index in [-0.39, 0.29) is 16.5 Å². The van der Waals surface area contributed by atoms with Crippen LogP contribution in [0.25, 0.3) is 0 Å². The summed E-state index contributed by atoms with van der Waals surface area (Å²) in [4.78, 5) is 2.30. The average molecular weight is 276 g/mol. The van der Waals surface area contributed by atoms with E-state index in [4.69, 9.17) is 0 Å². The van der Waals surface area contributed by atoms with Gasteiger partial charge in [0.2, 0.25) is 0 Å². The summed E-state index contributed by atoms with van der Waals surface area (Å²) in [5.41, 5.74) is 0.180. The van der Waals surface area contributed by atoms with Crippen LogP contribution in [0, 0.1) is 0 Å². The smallest absolute Gasteiger partial charge is 0.153 e. The normalized spacial score (nSPS) is 21.4. The molecule has 0 aromatic heterocycles. The Kier molecular flexibility index (Phi) is 5.62. The molecule has 18 heavy (non-hydrogen) atoms. The van der Waals surface area contributed by atoms with Crippen molar-refractivity contribution in [1.82, 2.24) is 10.2 Å². The summed E-state index contributed by atoms with van der Waals surface area (Å²) in [5, 5.41) is 3.33. The minimum atomic E-state index is -2.91. The van der Waals surface area contributed by atoms with Crippen molar-refractivity contribution in [2.75, 3.05) is 31.9 Å². The van der Waals surface area contributed by atoms with E-state index in [1.165, 1.54) is 0 Å². The molecule has 1 rings (SSSR count). The number of sulfone groups is 1.